The number of carbonyl (C=O) groups excluding carboxylic acids is 1. The second kappa shape index (κ2) is 8.54. The van der Waals surface area contributed by atoms with Gasteiger partial charge >= 0.3 is 0 Å². The van der Waals surface area contributed by atoms with Crippen LogP contribution in [0.4, 0.5) is 11.4 Å². The third-order valence-corrected chi connectivity index (χ3v) is 4.37. The van der Waals surface area contributed by atoms with E-state index in [0.29, 0.717) is 22.0 Å². The summed E-state index contributed by atoms with van der Waals surface area (Å²) in [6.45, 7) is 2.04. The Labute approximate surface area is 166 Å². The van der Waals surface area contributed by atoms with E-state index >= 15 is 0 Å². The molecule has 0 saturated heterocycles. The summed E-state index contributed by atoms with van der Waals surface area (Å²) in [5.74, 6) is 0.00772. The van der Waals surface area contributed by atoms with Crippen LogP contribution in [0.1, 0.15) is 21.5 Å². The van der Waals surface area contributed by atoms with E-state index in [0.717, 1.165) is 11.1 Å². The molecule has 0 spiro atoms. The largest absolute Gasteiger partial charge is 0.488 e. The minimum Gasteiger partial charge on any atom is -0.488 e. The number of para-hydroxylation sites is 1. The summed E-state index contributed by atoms with van der Waals surface area (Å²) in [5.41, 5.74) is 2.26. The fourth-order valence-electron chi connectivity index (χ4n) is 2.57. The lowest BCUT2D eigenvalue weighted by atomic mass is 10.1. The van der Waals surface area contributed by atoms with Crippen molar-refractivity contribution in [3.8, 4) is 5.75 Å². The minimum absolute atomic E-state index is 0.0897. The number of nitrogens with one attached hydrogen (secondary N) is 1. The molecule has 3 aromatic carbocycles. The van der Waals surface area contributed by atoms with E-state index in [1.807, 2.05) is 12.1 Å². The number of carbonyl (C=O) groups is 1. The van der Waals surface area contributed by atoms with Gasteiger partial charge in [-0.2, -0.15) is 0 Å². The normalized spacial score (nSPS) is 10.4. The lowest BCUT2D eigenvalue weighted by Crippen LogP contribution is -2.14. The molecule has 0 atom stereocenters. The molecule has 0 aliphatic carbocycles. The molecule has 142 valence electrons. The fraction of sp³-hybridized carbons (Fsp3) is 0.0952. The number of nitro groups is 1. The van der Waals surface area contributed by atoms with Gasteiger partial charge in [-0.1, -0.05) is 41.9 Å². The van der Waals surface area contributed by atoms with Crippen molar-refractivity contribution in [1.82, 2.24) is 0 Å². The van der Waals surface area contributed by atoms with Gasteiger partial charge in [0, 0.05) is 17.2 Å². The van der Waals surface area contributed by atoms with Gasteiger partial charge in [0.25, 0.3) is 11.6 Å². The minimum atomic E-state index is -0.502. The first-order chi connectivity index (χ1) is 13.4. The Kier molecular flexibility index (Phi) is 5.91. The van der Waals surface area contributed by atoms with Gasteiger partial charge in [-0.15, -0.1) is 0 Å². The third kappa shape index (κ3) is 4.66. The van der Waals surface area contributed by atoms with Crippen molar-refractivity contribution in [2.75, 3.05) is 5.32 Å². The number of aryl methyl sites for hydroxylation is 1. The number of benzene rings is 3. The van der Waals surface area contributed by atoms with Crippen molar-refractivity contribution in [1.29, 1.82) is 0 Å². The third-order valence-electron chi connectivity index (χ3n) is 4.12. The first kappa shape index (κ1) is 19.4. The van der Waals surface area contributed by atoms with Gasteiger partial charge in [-0.05, 0) is 42.3 Å². The van der Waals surface area contributed by atoms with Crippen LogP contribution in [-0.4, -0.2) is 10.8 Å². The quantitative estimate of drug-likeness (QED) is 0.447. The summed E-state index contributed by atoms with van der Waals surface area (Å²) >= 11 is 5.88. The summed E-state index contributed by atoms with van der Waals surface area (Å²) in [6.07, 6.45) is 0. The van der Waals surface area contributed by atoms with Crippen molar-refractivity contribution < 1.29 is 14.5 Å². The van der Waals surface area contributed by atoms with Crippen LogP contribution < -0.4 is 10.1 Å². The van der Waals surface area contributed by atoms with Gasteiger partial charge in [-0.25, -0.2) is 0 Å². The van der Waals surface area contributed by atoms with Crippen molar-refractivity contribution in [3.05, 3.63) is 98.6 Å². The Balaban J connectivity index is 1.78. The summed E-state index contributed by atoms with van der Waals surface area (Å²) < 4.78 is 5.80. The molecular formula is C21H17ClN2O4. The Morgan fingerprint density at radius 2 is 1.82 bits per heavy atom. The molecular weight excluding hydrogens is 380 g/mol. The lowest BCUT2D eigenvalue weighted by Gasteiger charge is -2.13. The molecule has 0 fully saturated rings. The Hall–Kier alpha value is -3.38. The van der Waals surface area contributed by atoms with Crippen molar-refractivity contribution in [2.24, 2.45) is 0 Å². The van der Waals surface area contributed by atoms with Crippen LogP contribution in [0.5, 0.6) is 5.75 Å². The topological polar surface area (TPSA) is 81.5 Å². The van der Waals surface area contributed by atoms with E-state index < -0.39 is 10.8 Å². The first-order valence-electron chi connectivity index (χ1n) is 8.46. The predicted octanol–water partition coefficient (Wildman–Crippen LogP) is 5.39. The molecule has 1 amide bonds. The maximum absolute atomic E-state index is 12.7. The highest BCUT2D eigenvalue weighted by atomic mass is 35.5. The zero-order valence-electron chi connectivity index (χ0n) is 15.0. The summed E-state index contributed by atoms with van der Waals surface area (Å²) in [5, 5.41) is 14.3. The van der Waals surface area contributed by atoms with Crippen LogP contribution in [0.15, 0.2) is 66.7 Å². The van der Waals surface area contributed by atoms with Crippen LogP contribution in [0.3, 0.4) is 0 Å². The van der Waals surface area contributed by atoms with Crippen molar-refractivity contribution >= 4 is 28.9 Å². The smallest absolute Gasteiger partial charge is 0.271 e. The molecule has 0 radical (unpaired) electrons. The highest BCUT2D eigenvalue weighted by Gasteiger charge is 2.15. The second-order valence-corrected chi connectivity index (χ2v) is 6.56. The van der Waals surface area contributed by atoms with Gasteiger partial charge in [0.15, 0.2) is 0 Å². The molecule has 0 bridgehead atoms. The molecule has 0 saturated carbocycles. The monoisotopic (exact) mass is 396 g/mol. The fourth-order valence-corrected chi connectivity index (χ4v) is 2.70. The average molecular weight is 397 g/mol. The van der Waals surface area contributed by atoms with E-state index in [1.54, 1.807) is 49.4 Å². The van der Waals surface area contributed by atoms with Crippen molar-refractivity contribution in [3.63, 3.8) is 0 Å². The van der Waals surface area contributed by atoms with Crippen LogP contribution in [-0.2, 0) is 6.61 Å². The molecule has 7 heteroatoms. The van der Waals surface area contributed by atoms with Crippen LogP contribution in [0.25, 0.3) is 0 Å². The average Bonchev–Trinajstić information content (AvgIpc) is 2.69. The number of ether oxygens (including phenoxy) is 1. The molecule has 0 aliphatic rings. The summed E-state index contributed by atoms with van der Waals surface area (Å²) in [7, 11) is 0. The van der Waals surface area contributed by atoms with Crippen LogP contribution in [0.2, 0.25) is 5.02 Å². The highest BCUT2D eigenvalue weighted by Crippen LogP contribution is 2.25. The number of non-ortho nitro benzene ring substituents is 1. The van der Waals surface area contributed by atoms with Crippen LogP contribution >= 0.6 is 11.6 Å². The Morgan fingerprint density at radius 3 is 2.54 bits per heavy atom. The highest BCUT2D eigenvalue weighted by molar-refractivity contribution is 6.30. The van der Waals surface area contributed by atoms with Crippen molar-refractivity contribution in [2.45, 2.75) is 13.5 Å². The maximum Gasteiger partial charge on any atom is 0.271 e. The second-order valence-electron chi connectivity index (χ2n) is 6.12. The van der Waals surface area contributed by atoms with Gasteiger partial charge in [0.1, 0.15) is 12.4 Å². The first-order valence-corrected chi connectivity index (χ1v) is 8.84. The molecule has 6 nitrogen and oxygen atoms in total. The molecule has 3 rings (SSSR count). The number of amides is 1. The van der Waals surface area contributed by atoms with E-state index in [2.05, 4.69) is 5.32 Å². The van der Waals surface area contributed by atoms with Gasteiger partial charge in [0.2, 0.25) is 0 Å². The van der Waals surface area contributed by atoms with Crippen LogP contribution in [0, 0.1) is 17.0 Å². The summed E-state index contributed by atoms with van der Waals surface area (Å²) in [6, 6.07) is 18.4. The molecule has 28 heavy (non-hydrogen) atoms. The number of anilines is 1. The molecule has 1 N–H and O–H groups in total. The molecule has 0 unspecified atom stereocenters. The van der Waals surface area contributed by atoms with Gasteiger partial charge < -0.3 is 10.1 Å². The van der Waals surface area contributed by atoms with Gasteiger partial charge in [0.05, 0.1) is 16.2 Å². The van der Waals surface area contributed by atoms with Gasteiger partial charge in [-0.3, -0.25) is 14.9 Å². The zero-order chi connectivity index (χ0) is 20.1. The lowest BCUT2D eigenvalue weighted by molar-refractivity contribution is -0.384. The number of hydrogen-bond donors (Lipinski definition) is 1. The Bertz CT molecular complexity index is 1020. The van der Waals surface area contributed by atoms with E-state index in [9.17, 15) is 14.9 Å². The SMILES string of the molecule is Cc1ccc([N+](=O)[O-])cc1NC(=O)c1ccccc1OCc1ccc(Cl)cc1. The molecule has 0 aromatic heterocycles. The zero-order valence-corrected chi connectivity index (χ0v) is 15.8. The maximum atomic E-state index is 12.7. The molecule has 3 aromatic rings. The summed E-state index contributed by atoms with van der Waals surface area (Å²) in [4.78, 5) is 23.2. The van der Waals surface area contributed by atoms with E-state index in [4.69, 9.17) is 16.3 Å². The number of nitro benzene ring substituents is 1. The van der Waals surface area contributed by atoms with E-state index in [1.165, 1.54) is 12.1 Å². The predicted molar refractivity (Wildman–Crippen MR) is 108 cm³/mol. The Morgan fingerprint density at radius 1 is 1.11 bits per heavy atom. The number of rotatable bonds is 6. The number of halogens is 1. The standard InChI is InChI=1S/C21H17ClN2O4/c1-14-6-11-17(24(26)27)12-19(14)23-21(25)18-4-2-3-5-20(18)28-13-15-7-9-16(22)10-8-15/h2-12H,13H2,1H3,(H,23,25). The number of nitrogens with zero attached hydrogens (tertiary/aromatic N) is 1. The number of hydrogen-bond acceptors (Lipinski definition) is 4. The molecule has 0 heterocycles. The van der Waals surface area contributed by atoms with E-state index in [-0.39, 0.29) is 12.3 Å². The molecule has 0 aliphatic heterocycles.